The van der Waals surface area contributed by atoms with Crippen LogP contribution in [0.25, 0.3) is 0 Å². The van der Waals surface area contributed by atoms with Gasteiger partial charge in [-0.1, -0.05) is 32.6 Å². The van der Waals surface area contributed by atoms with E-state index < -0.39 is 0 Å². The SMILES string of the molecule is CCC[C@H]1CC[C@H]([C@H]2CC[C@H](OC)CC2)CC1. The minimum absolute atomic E-state index is 0.572. The average molecular weight is 238 g/mol. The highest BCUT2D eigenvalue weighted by atomic mass is 16.5. The average Bonchev–Trinajstić information content (AvgIpc) is 2.40. The summed E-state index contributed by atoms with van der Waals surface area (Å²) in [4.78, 5) is 0. The van der Waals surface area contributed by atoms with Crippen LogP contribution in [0.1, 0.15) is 71.1 Å². The third kappa shape index (κ3) is 3.71. The van der Waals surface area contributed by atoms with E-state index in [1.807, 2.05) is 7.11 Å². The second-order valence-corrected chi connectivity index (χ2v) is 6.34. The van der Waals surface area contributed by atoms with E-state index in [4.69, 9.17) is 4.74 Å². The molecule has 2 saturated carbocycles. The minimum atomic E-state index is 0.572. The van der Waals surface area contributed by atoms with Crippen molar-refractivity contribution in [3.05, 3.63) is 0 Å². The molecule has 2 aliphatic rings. The van der Waals surface area contributed by atoms with Crippen molar-refractivity contribution in [3.8, 4) is 0 Å². The van der Waals surface area contributed by atoms with Crippen LogP contribution in [0.2, 0.25) is 0 Å². The summed E-state index contributed by atoms with van der Waals surface area (Å²) >= 11 is 0. The Kier molecular flexibility index (Phi) is 5.34. The molecular weight excluding hydrogens is 208 g/mol. The van der Waals surface area contributed by atoms with Crippen LogP contribution in [0.4, 0.5) is 0 Å². The molecular formula is C16H30O. The number of ether oxygens (including phenoxy) is 1. The van der Waals surface area contributed by atoms with Crippen molar-refractivity contribution in [3.63, 3.8) is 0 Å². The highest BCUT2D eigenvalue weighted by Crippen LogP contribution is 2.41. The molecule has 2 aliphatic carbocycles. The lowest BCUT2D eigenvalue weighted by Gasteiger charge is -2.37. The molecule has 1 heteroatoms. The van der Waals surface area contributed by atoms with Gasteiger partial charge in [0.15, 0.2) is 0 Å². The second kappa shape index (κ2) is 6.78. The molecule has 2 rings (SSSR count). The molecule has 0 unspecified atom stereocenters. The zero-order chi connectivity index (χ0) is 12.1. The van der Waals surface area contributed by atoms with Gasteiger partial charge in [-0.25, -0.2) is 0 Å². The summed E-state index contributed by atoms with van der Waals surface area (Å²) in [6.07, 6.45) is 15.0. The fourth-order valence-corrected chi connectivity index (χ4v) is 4.15. The second-order valence-electron chi connectivity index (χ2n) is 6.34. The van der Waals surface area contributed by atoms with Crippen molar-refractivity contribution in [2.45, 2.75) is 77.2 Å². The Morgan fingerprint density at radius 2 is 1.35 bits per heavy atom. The molecule has 0 spiro atoms. The maximum absolute atomic E-state index is 5.48. The van der Waals surface area contributed by atoms with Crippen LogP contribution in [0, 0.1) is 17.8 Å². The quantitative estimate of drug-likeness (QED) is 0.683. The zero-order valence-electron chi connectivity index (χ0n) is 11.8. The molecule has 0 bridgehead atoms. The normalized spacial score (nSPS) is 39.2. The Balaban J connectivity index is 1.70. The number of hydrogen-bond donors (Lipinski definition) is 0. The Bertz CT molecular complexity index is 198. The summed E-state index contributed by atoms with van der Waals surface area (Å²) in [5.74, 6) is 3.15. The summed E-state index contributed by atoms with van der Waals surface area (Å²) in [5, 5.41) is 0. The van der Waals surface area contributed by atoms with Gasteiger partial charge in [0, 0.05) is 7.11 Å². The third-order valence-electron chi connectivity index (χ3n) is 5.31. The van der Waals surface area contributed by atoms with E-state index in [1.165, 1.54) is 64.2 Å². The van der Waals surface area contributed by atoms with E-state index in [2.05, 4.69) is 6.92 Å². The topological polar surface area (TPSA) is 9.23 Å². The first kappa shape index (κ1) is 13.4. The standard InChI is InChI=1S/C16H30O/c1-3-4-13-5-7-14(8-6-13)15-9-11-16(17-2)12-10-15/h13-16H,3-12H2,1-2H3/t13-,14-,15-,16-. The molecule has 0 aliphatic heterocycles. The highest BCUT2D eigenvalue weighted by Gasteiger charge is 2.30. The van der Waals surface area contributed by atoms with Gasteiger partial charge in [-0.2, -0.15) is 0 Å². The third-order valence-corrected chi connectivity index (χ3v) is 5.31. The smallest absolute Gasteiger partial charge is 0.0571 e. The minimum Gasteiger partial charge on any atom is -0.381 e. The number of rotatable bonds is 4. The van der Waals surface area contributed by atoms with Crippen LogP contribution in [0.3, 0.4) is 0 Å². The number of methoxy groups -OCH3 is 1. The van der Waals surface area contributed by atoms with Crippen LogP contribution in [-0.4, -0.2) is 13.2 Å². The largest absolute Gasteiger partial charge is 0.381 e. The van der Waals surface area contributed by atoms with Crippen LogP contribution in [0.15, 0.2) is 0 Å². The monoisotopic (exact) mass is 238 g/mol. The van der Waals surface area contributed by atoms with Crippen molar-refractivity contribution in [2.75, 3.05) is 7.11 Å². The van der Waals surface area contributed by atoms with E-state index in [0.717, 1.165) is 17.8 Å². The van der Waals surface area contributed by atoms with Gasteiger partial charge in [-0.05, 0) is 56.3 Å². The van der Waals surface area contributed by atoms with Crippen LogP contribution < -0.4 is 0 Å². The molecule has 0 N–H and O–H groups in total. The first-order valence-electron chi connectivity index (χ1n) is 7.86. The van der Waals surface area contributed by atoms with Crippen molar-refractivity contribution < 1.29 is 4.74 Å². The van der Waals surface area contributed by atoms with Crippen LogP contribution >= 0.6 is 0 Å². The van der Waals surface area contributed by atoms with E-state index in [1.54, 1.807) is 0 Å². The summed E-state index contributed by atoms with van der Waals surface area (Å²) in [6, 6.07) is 0. The fraction of sp³-hybridized carbons (Fsp3) is 1.00. The van der Waals surface area contributed by atoms with E-state index >= 15 is 0 Å². The highest BCUT2D eigenvalue weighted by molar-refractivity contribution is 4.82. The molecule has 0 saturated heterocycles. The Morgan fingerprint density at radius 3 is 1.82 bits per heavy atom. The van der Waals surface area contributed by atoms with E-state index in [0.29, 0.717) is 6.10 Å². The molecule has 2 fully saturated rings. The molecule has 1 nitrogen and oxygen atoms in total. The Hall–Kier alpha value is -0.0400. The predicted octanol–water partition coefficient (Wildman–Crippen LogP) is 4.80. The van der Waals surface area contributed by atoms with Gasteiger partial charge >= 0.3 is 0 Å². The van der Waals surface area contributed by atoms with E-state index in [-0.39, 0.29) is 0 Å². The van der Waals surface area contributed by atoms with Crippen molar-refractivity contribution >= 4 is 0 Å². The summed E-state index contributed by atoms with van der Waals surface area (Å²) in [6.45, 7) is 2.33. The van der Waals surface area contributed by atoms with E-state index in [9.17, 15) is 0 Å². The molecule has 0 amide bonds. The van der Waals surface area contributed by atoms with Gasteiger partial charge in [0.1, 0.15) is 0 Å². The maximum atomic E-state index is 5.48. The van der Waals surface area contributed by atoms with Crippen LogP contribution in [0.5, 0.6) is 0 Å². The van der Waals surface area contributed by atoms with Crippen molar-refractivity contribution in [1.29, 1.82) is 0 Å². The van der Waals surface area contributed by atoms with Crippen LogP contribution in [-0.2, 0) is 4.74 Å². The van der Waals surface area contributed by atoms with Gasteiger partial charge in [0.25, 0.3) is 0 Å². The van der Waals surface area contributed by atoms with Gasteiger partial charge in [-0.3, -0.25) is 0 Å². The Morgan fingerprint density at radius 1 is 0.824 bits per heavy atom. The fourth-order valence-electron chi connectivity index (χ4n) is 4.15. The van der Waals surface area contributed by atoms with Gasteiger partial charge in [-0.15, -0.1) is 0 Å². The zero-order valence-corrected chi connectivity index (χ0v) is 11.8. The lowest BCUT2D eigenvalue weighted by atomic mass is 9.70. The lowest BCUT2D eigenvalue weighted by Crippen LogP contribution is -2.28. The lowest BCUT2D eigenvalue weighted by molar-refractivity contribution is 0.0392. The van der Waals surface area contributed by atoms with Crippen molar-refractivity contribution in [1.82, 2.24) is 0 Å². The molecule has 0 aromatic rings. The molecule has 17 heavy (non-hydrogen) atoms. The molecule has 0 radical (unpaired) electrons. The first-order valence-corrected chi connectivity index (χ1v) is 7.86. The molecule has 0 heterocycles. The van der Waals surface area contributed by atoms with Crippen molar-refractivity contribution in [2.24, 2.45) is 17.8 Å². The Labute approximate surface area is 107 Å². The summed E-state index contributed by atoms with van der Waals surface area (Å²) < 4.78 is 5.48. The molecule has 0 aromatic heterocycles. The number of hydrogen-bond acceptors (Lipinski definition) is 1. The van der Waals surface area contributed by atoms with Gasteiger partial charge in [0.05, 0.1) is 6.10 Å². The summed E-state index contributed by atoms with van der Waals surface area (Å²) in [7, 11) is 1.88. The van der Waals surface area contributed by atoms with Gasteiger partial charge < -0.3 is 4.74 Å². The first-order chi connectivity index (χ1) is 8.33. The predicted molar refractivity (Wildman–Crippen MR) is 73.1 cm³/mol. The maximum Gasteiger partial charge on any atom is 0.0571 e. The summed E-state index contributed by atoms with van der Waals surface area (Å²) in [5.41, 5.74) is 0. The molecule has 0 aromatic carbocycles. The van der Waals surface area contributed by atoms with Gasteiger partial charge in [0.2, 0.25) is 0 Å². The molecule has 0 atom stereocenters. The molecule has 100 valence electrons.